The van der Waals surface area contributed by atoms with Crippen LogP contribution in [0.4, 0.5) is 4.79 Å². The van der Waals surface area contributed by atoms with Gasteiger partial charge in [-0.2, -0.15) is 0 Å². The maximum Gasteiger partial charge on any atom is 0.407 e. The van der Waals surface area contributed by atoms with Crippen molar-refractivity contribution in [2.45, 2.75) is 66.0 Å². The first-order valence-corrected chi connectivity index (χ1v) is 7.70. The summed E-state index contributed by atoms with van der Waals surface area (Å²) in [4.78, 5) is 26.4. The molecule has 5 nitrogen and oxygen atoms in total. The summed E-state index contributed by atoms with van der Waals surface area (Å²) in [7, 11) is 1.31. The van der Waals surface area contributed by atoms with Crippen molar-refractivity contribution in [1.82, 2.24) is 10.2 Å². The highest BCUT2D eigenvalue weighted by atomic mass is 16.5. The largest absolute Gasteiger partial charge is 0.453 e. The first-order valence-electron chi connectivity index (χ1n) is 7.70. The van der Waals surface area contributed by atoms with Gasteiger partial charge in [0.05, 0.1) is 7.11 Å². The Morgan fingerprint density at radius 2 is 1.86 bits per heavy atom. The van der Waals surface area contributed by atoms with Gasteiger partial charge in [0.1, 0.15) is 6.04 Å². The van der Waals surface area contributed by atoms with E-state index in [2.05, 4.69) is 37.7 Å². The zero-order valence-corrected chi connectivity index (χ0v) is 14.4. The number of nitrogens with one attached hydrogen (secondary N) is 1. The Morgan fingerprint density at radius 3 is 2.29 bits per heavy atom. The zero-order chi connectivity index (χ0) is 16.4. The Balaban J connectivity index is 3.00. The molecule has 0 aromatic heterocycles. The van der Waals surface area contributed by atoms with Crippen LogP contribution in [0, 0.1) is 11.3 Å². The Kier molecular flexibility index (Phi) is 5.29. The lowest BCUT2D eigenvalue weighted by Crippen LogP contribution is -2.59. The van der Waals surface area contributed by atoms with Crippen molar-refractivity contribution in [1.29, 1.82) is 0 Å². The first-order chi connectivity index (χ1) is 9.54. The number of ether oxygens (including phenoxy) is 1. The third kappa shape index (κ3) is 3.50. The van der Waals surface area contributed by atoms with Crippen LogP contribution in [0.2, 0.25) is 0 Å². The highest BCUT2D eigenvalue weighted by molar-refractivity contribution is 5.86. The second kappa shape index (κ2) is 6.24. The molecule has 0 aromatic carbocycles. The van der Waals surface area contributed by atoms with Crippen LogP contribution in [0.3, 0.4) is 0 Å². The second-order valence-corrected chi connectivity index (χ2v) is 7.47. The number of carbonyl (C=O) groups excluding carboxylic acids is 2. The molecule has 0 aromatic rings. The van der Waals surface area contributed by atoms with Gasteiger partial charge >= 0.3 is 6.09 Å². The summed E-state index contributed by atoms with van der Waals surface area (Å²) in [5, 5.41) is 2.68. The van der Waals surface area contributed by atoms with Crippen LogP contribution in [0.5, 0.6) is 0 Å². The molecule has 0 spiro atoms. The molecule has 21 heavy (non-hydrogen) atoms. The van der Waals surface area contributed by atoms with Gasteiger partial charge in [-0.1, -0.05) is 34.6 Å². The van der Waals surface area contributed by atoms with Crippen LogP contribution in [0.1, 0.15) is 54.4 Å². The molecule has 0 aliphatic carbocycles. The van der Waals surface area contributed by atoms with Crippen LogP contribution < -0.4 is 5.32 Å². The van der Waals surface area contributed by atoms with Crippen molar-refractivity contribution in [3.8, 4) is 0 Å². The standard InChI is InChI=1S/C16H30N2O3/c1-11(2)12(17-14(20)21-7)13(19)18-10-8-9-16(18,6)15(3,4)5/h11-12H,8-10H2,1-7H3,(H,17,20). The summed E-state index contributed by atoms with van der Waals surface area (Å²) in [5.74, 6) is 0.00624. The van der Waals surface area contributed by atoms with Crippen LogP contribution >= 0.6 is 0 Å². The summed E-state index contributed by atoms with van der Waals surface area (Å²) in [5.41, 5.74) is -0.193. The lowest BCUT2D eigenvalue weighted by molar-refractivity contribution is -0.142. The van der Waals surface area contributed by atoms with E-state index in [9.17, 15) is 9.59 Å². The maximum absolute atomic E-state index is 13.0. The van der Waals surface area contributed by atoms with Gasteiger partial charge in [0.2, 0.25) is 5.91 Å². The van der Waals surface area contributed by atoms with E-state index < -0.39 is 12.1 Å². The van der Waals surface area contributed by atoms with E-state index in [0.29, 0.717) is 0 Å². The fourth-order valence-electron chi connectivity index (χ4n) is 2.96. The highest BCUT2D eigenvalue weighted by Gasteiger charge is 2.49. The minimum absolute atomic E-state index is 0.00798. The Labute approximate surface area is 128 Å². The van der Waals surface area contributed by atoms with E-state index in [1.54, 1.807) is 0 Å². The average molecular weight is 298 g/mol. The molecule has 1 rings (SSSR count). The lowest BCUT2D eigenvalue weighted by Gasteiger charge is -2.47. The van der Waals surface area contributed by atoms with E-state index in [4.69, 9.17) is 0 Å². The second-order valence-electron chi connectivity index (χ2n) is 7.47. The number of likely N-dealkylation sites (tertiary alicyclic amines) is 1. The average Bonchev–Trinajstić information content (AvgIpc) is 2.77. The molecule has 0 bridgehead atoms. The minimum Gasteiger partial charge on any atom is -0.453 e. The number of alkyl carbamates (subject to hydrolysis) is 1. The quantitative estimate of drug-likeness (QED) is 0.871. The van der Waals surface area contributed by atoms with Crippen molar-refractivity contribution in [3.05, 3.63) is 0 Å². The van der Waals surface area contributed by atoms with Gasteiger partial charge in [0.15, 0.2) is 0 Å². The Bertz CT molecular complexity index is 401. The monoisotopic (exact) mass is 298 g/mol. The molecular formula is C16H30N2O3. The van der Waals surface area contributed by atoms with Crippen molar-refractivity contribution in [2.24, 2.45) is 11.3 Å². The van der Waals surface area contributed by atoms with Crippen LogP contribution in [-0.2, 0) is 9.53 Å². The molecule has 1 aliphatic heterocycles. The molecule has 2 amide bonds. The van der Waals surface area contributed by atoms with Crippen molar-refractivity contribution in [3.63, 3.8) is 0 Å². The number of amides is 2. The molecule has 5 heteroatoms. The van der Waals surface area contributed by atoms with Crippen molar-refractivity contribution >= 4 is 12.0 Å². The van der Waals surface area contributed by atoms with Gasteiger partial charge in [-0.15, -0.1) is 0 Å². The normalized spacial score (nSPS) is 24.1. The van der Waals surface area contributed by atoms with Gasteiger partial charge < -0.3 is 15.0 Å². The Hall–Kier alpha value is -1.26. The van der Waals surface area contributed by atoms with Gasteiger partial charge in [-0.3, -0.25) is 4.79 Å². The molecule has 2 unspecified atom stereocenters. The summed E-state index contributed by atoms with van der Waals surface area (Å²) >= 11 is 0. The molecular weight excluding hydrogens is 268 g/mol. The third-order valence-corrected chi connectivity index (χ3v) is 4.91. The minimum atomic E-state index is -0.557. The fraction of sp³-hybridized carbons (Fsp3) is 0.875. The smallest absolute Gasteiger partial charge is 0.407 e. The number of hydrogen-bond donors (Lipinski definition) is 1. The fourth-order valence-corrected chi connectivity index (χ4v) is 2.96. The topological polar surface area (TPSA) is 58.6 Å². The summed E-state index contributed by atoms with van der Waals surface area (Å²) < 4.78 is 4.64. The molecule has 1 fully saturated rings. The van der Waals surface area contributed by atoms with E-state index in [0.717, 1.165) is 19.4 Å². The van der Waals surface area contributed by atoms with Gasteiger partial charge in [0.25, 0.3) is 0 Å². The molecule has 1 N–H and O–H groups in total. The zero-order valence-electron chi connectivity index (χ0n) is 14.4. The third-order valence-electron chi connectivity index (χ3n) is 4.91. The van der Waals surface area contributed by atoms with Gasteiger partial charge in [-0.25, -0.2) is 4.79 Å². The molecule has 0 radical (unpaired) electrons. The maximum atomic E-state index is 13.0. The predicted molar refractivity (Wildman–Crippen MR) is 83.0 cm³/mol. The van der Waals surface area contributed by atoms with Crippen LogP contribution in [-0.4, -0.2) is 42.1 Å². The summed E-state index contributed by atoms with van der Waals surface area (Å²) in [6.07, 6.45) is 1.44. The first kappa shape index (κ1) is 17.8. The van der Waals surface area contributed by atoms with Gasteiger partial charge in [0, 0.05) is 12.1 Å². The predicted octanol–water partition coefficient (Wildman–Crippen LogP) is 2.79. The molecule has 122 valence electrons. The van der Waals surface area contributed by atoms with Crippen molar-refractivity contribution < 1.29 is 14.3 Å². The van der Waals surface area contributed by atoms with Gasteiger partial charge in [-0.05, 0) is 31.1 Å². The molecule has 0 saturated carbocycles. The molecule has 2 atom stereocenters. The van der Waals surface area contributed by atoms with Crippen LogP contribution in [0.25, 0.3) is 0 Å². The summed E-state index contributed by atoms with van der Waals surface area (Å²) in [6.45, 7) is 13.3. The van der Waals surface area contributed by atoms with Crippen LogP contribution in [0.15, 0.2) is 0 Å². The highest BCUT2D eigenvalue weighted by Crippen LogP contribution is 2.43. The number of methoxy groups -OCH3 is 1. The lowest BCUT2D eigenvalue weighted by atomic mass is 9.73. The van der Waals surface area contributed by atoms with E-state index in [1.807, 2.05) is 18.7 Å². The molecule has 1 aliphatic rings. The van der Waals surface area contributed by atoms with E-state index in [-0.39, 0.29) is 22.8 Å². The summed E-state index contributed by atoms with van der Waals surface area (Å²) in [6, 6.07) is -0.544. The number of nitrogens with zero attached hydrogens (tertiary/aromatic N) is 1. The van der Waals surface area contributed by atoms with E-state index >= 15 is 0 Å². The number of hydrogen-bond acceptors (Lipinski definition) is 3. The SMILES string of the molecule is COC(=O)NC(C(=O)N1CCCC1(C)C(C)(C)C)C(C)C. The molecule has 1 heterocycles. The van der Waals surface area contributed by atoms with Crippen molar-refractivity contribution in [2.75, 3.05) is 13.7 Å². The number of carbonyl (C=O) groups is 2. The molecule has 1 saturated heterocycles. The Morgan fingerprint density at radius 1 is 1.29 bits per heavy atom. The number of rotatable bonds is 3. The van der Waals surface area contributed by atoms with E-state index in [1.165, 1.54) is 7.11 Å².